The molecule has 1 aliphatic heterocycles. The average molecular weight is 427 g/mol. The molecule has 1 amide bonds. The van der Waals surface area contributed by atoms with E-state index in [4.69, 9.17) is 9.68 Å². The van der Waals surface area contributed by atoms with Gasteiger partial charge in [-0.15, -0.1) is 0 Å². The van der Waals surface area contributed by atoms with Gasteiger partial charge in [-0.25, -0.2) is 12.8 Å². The van der Waals surface area contributed by atoms with Gasteiger partial charge in [0.25, 0.3) is 5.91 Å². The summed E-state index contributed by atoms with van der Waals surface area (Å²) in [5.41, 5.74) is 2.23. The maximum absolute atomic E-state index is 13.4. The summed E-state index contributed by atoms with van der Waals surface area (Å²) in [6, 6.07) is 8.81. The molecule has 0 saturated heterocycles. The molecule has 0 unspecified atom stereocenters. The predicted molar refractivity (Wildman–Crippen MR) is 110 cm³/mol. The first kappa shape index (κ1) is 19.9. The Labute approximate surface area is 172 Å². The van der Waals surface area contributed by atoms with Gasteiger partial charge in [-0.1, -0.05) is 0 Å². The van der Waals surface area contributed by atoms with Crippen LogP contribution in [-0.2, 0) is 16.4 Å². The Kier molecular flexibility index (Phi) is 4.95. The van der Waals surface area contributed by atoms with E-state index in [2.05, 4.69) is 5.32 Å². The monoisotopic (exact) mass is 427 g/mol. The van der Waals surface area contributed by atoms with Crippen LogP contribution in [0.5, 0.6) is 0 Å². The second-order valence-corrected chi connectivity index (χ2v) is 9.06. The number of sulfonamides is 1. The van der Waals surface area contributed by atoms with Gasteiger partial charge in [0.1, 0.15) is 17.2 Å². The summed E-state index contributed by atoms with van der Waals surface area (Å²) in [7, 11) is -3.49. The maximum atomic E-state index is 13.4. The number of aryl methyl sites for hydroxylation is 1. The highest BCUT2D eigenvalue weighted by Crippen LogP contribution is 2.39. The van der Waals surface area contributed by atoms with E-state index in [0.29, 0.717) is 41.6 Å². The van der Waals surface area contributed by atoms with Crippen LogP contribution in [0.25, 0.3) is 22.3 Å². The Morgan fingerprint density at radius 2 is 1.97 bits per heavy atom. The summed E-state index contributed by atoms with van der Waals surface area (Å²) in [6.45, 7) is 0.366. The highest BCUT2D eigenvalue weighted by atomic mass is 32.2. The molecule has 2 heterocycles. The first-order chi connectivity index (χ1) is 14.3. The minimum atomic E-state index is -3.49. The number of nitriles is 1. The highest BCUT2D eigenvalue weighted by molar-refractivity contribution is 7.92. The number of carbonyl (C=O) groups excluding carboxylic acids is 1. The van der Waals surface area contributed by atoms with E-state index in [1.165, 1.54) is 28.6 Å². The molecule has 1 N–H and O–H groups in total. The van der Waals surface area contributed by atoms with Crippen molar-refractivity contribution >= 4 is 32.6 Å². The molecule has 0 saturated carbocycles. The van der Waals surface area contributed by atoms with Gasteiger partial charge >= 0.3 is 0 Å². The second kappa shape index (κ2) is 7.46. The molecule has 1 aromatic heterocycles. The normalized spacial score (nSPS) is 14.1. The number of fused-ring (bicyclic) bond motifs is 2. The van der Waals surface area contributed by atoms with E-state index in [-0.39, 0.29) is 11.3 Å². The number of anilines is 1. The van der Waals surface area contributed by atoms with Gasteiger partial charge in [0.05, 0.1) is 17.5 Å². The third kappa shape index (κ3) is 3.50. The van der Waals surface area contributed by atoms with Crippen molar-refractivity contribution in [3.63, 3.8) is 0 Å². The fourth-order valence-electron chi connectivity index (χ4n) is 3.79. The zero-order chi connectivity index (χ0) is 21.5. The zero-order valence-corrected chi connectivity index (χ0v) is 16.9. The number of nitrogens with one attached hydrogen (secondary N) is 1. The van der Waals surface area contributed by atoms with Gasteiger partial charge in [0.15, 0.2) is 6.19 Å². The fourth-order valence-corrected chi connectivity index (χ4v) is 4.78. The summed E-state index contributed by atoms with van der Waals surface area (Å²) in [5, 5.41) is 11.5. The molecule has 0 fully saturated rings. The Hall–Kier alpha value is -3.38. The third-order valence-corrected chi connectivity index (χ3v) is 6.30. The molecule has 154 valence electrons. The van der Waals surface area contributed by atoms with Crippen molar-refractivity contribution in [1.29, 1.82) is 5.26 Å². The lowest BCUT2D eigenvalue weighted by atomic mass is 10.0. The molecule has 30 heavy (non-hydrogen) atoms. The second-order valence-electron chi connectivity index (χ2n) is 7.15. The van der Waals surface area contributed by atoms with Crippen LogP contribution >= 0.6 is 0 Å². The van der Waals surface area contributed by atoms with E-state index in [0.717, 1.165) is 18.2 Å². The lowest BCUT2D eigenvalue weighted by molar-refractivity contribution is 0.0974. The van der Waals surface area contributed by atoms with Crippen LogP contribution < -0.4 is 9.62 Å². The molecule has 0 spiro atoms. The molecular weight excluding hydrogens is 409 g/mol. The van der Waals surface area contributed by atoms with Gasteiger partial charge in [-0.3, -0.25) is 14.4 Å². The van der Waals surface area contributed by atoms with Crippen LogP contribution in [0.4, 0.5) is 10.1 Å². The molecular formula is C21H18FN3O4S. The van der Waals surface area contributed by atoms with Crippen LogP contribution in [0.2, 0.25) is 0 Å². The van der Waals surface area contributed by atoms with Crippen molar-refractivity contribution in [2.75, 3.05) is 17.1 Å². The van der Waals surface area contributed by atoms with Crippen LogP contribution in [0.3, 0.4) is 0 Å². The maximum Gasteiger partial charge on any atom is 0.268 e. The molecule has 0 atom stereocenters. The standard InChI is InChI=1S/C21H18FN3O4S/c1-30(27,28)25-9-3-2-4-14-10-16-18(11-17(14)25)29-20(19(16)21(26)24-12-23)13-5-7-15(22)8-6-13/h5-8,10-11H,2-4,9H2,1H3,(H,24,26). The van der Waals surface area contributed by atoms with Crippen molar-refractivity contribution in [2.24, 2.45) is 0 Å². The van der Waals surface area contributed by atoms with E-state index < -0.39 is 21.7 Å². The molecule has 2 aromatic carbocycles. The molecule has 7 nitrogen and oxygen atoms in total. The van der Waals surface area contributed by atoms with Gasteiger partial charge in [-0.2, -0.15) is 5.26 Å². The molecule has 0 radical (unpaired) electrons. The molecule has 3 aromatic rings. The number of nitrogens with zero attached hydrogens (tertiary/aromatic N) is 2. The SMILES string of the molecule is CS(=O)(=O)N1CCCCc2cc3c(C(=O)NC#N)c(-c4ccc(F)cc4)oc3cc21. The topological polar surface area (TPSA) is 103 Å². The quantitative estimate of drug-likeness (QED) is 0.509. The van der Waals surface area contributed by atoms with Crippen molar-refractivity contribution < 1.29 is 22.0 Å². The Balaban J connectivity index is 2.00. The number of furan rings is 1. The van der Waals surface area contributed by atoms with E-state index >= 15 is 0 Å². The summed E-state index contributed by atoms with van der Waals surface area (Å²) < 4.78 is 45.3. The largest absolute Gasteiger partial charge is 0.455 e. The summed E-state index contributed by atoms with van der Waals surface area (Å²) in [6.07, 6.45) is 4.93. The number of hydrogen-bond acceptors (Lipinski definition) is 5. The van der Waals surface area contributed by atoms with E-state index in [1.807, 2.05) is 0 Å². The minimum Gasteiger partial charge on any atom is -0.455 e. The van der Waals surface area contributed by atoms with Crippen LogP contribution in [0, 0.1) is 17.3 Å². The van der Waals surface area contributed by atoms with Crippen molar-refractivity contribution in [3.05, 3.63) is 53.3 Å². The minimum absolute atomic E-state index is 0.149. The van der Waals surface area contributed by atoms with E-state index in [1.54, 1.807) is 18.3 Å². The predicted octanol–water partition coefficient (Wildman–Crippen LogP) is 3.55. The smallest absolute Gasteiger partial charge is 0.268 e. The highest BCUT2D eigenvalue weighted by Gasteiger charge is 2.28. The number of amides is 1. The van der Waals surface area contributed by atoms with E-state index in [9.17, 15) is 17.6 Å². The van der Waals surface area contributed by atoms with Gasteiger partial charge < -0.3 is 4.42 Å². The molecule has 9 heteroatoms. The van der Waals surface area contributed by atoms with Crippen molar-refractivity contribution in [3.8, 4) is 17.5 Å². The fraction of sp³-hybridized carbons (Fsp3) is 0.238. The molecule has 0 aliphatic carbocycles. The van der Waals surface area contributed by atoms with Crippen LogP contribution in [0.15, 0.2) is 40.8 Å². The number of hydrogen-bond donors (Lipinski definition) is 1. The van der Waals surface area contributed by atoms with Crippen LogP contribution in [0.1, 0.15) is 28.8 Å². The number of benzene rings is 2. The number of halogens is 1. The first-order valence-electron chi connectivity index (χ1n) is 9.32. The first-order valence-corrected chi connectivity index (χ1v) is 11.2. The van der Waals surface area contributed by atoms with Crippen LogP contribution in [-0.4, -0.2) is 27.1 Å². The van der Waals surface area contributed by atoms with Gasteiger partial charge in [0.2, 0.25) is 10.0 Å². The molecule has 4 rings (SSSR count). The average Bonchev–Trinajstić information content (AvgIpc) is 2.91. The molecule has 0 bridgehead atoms. The van der Waals surface area contributed by atoms with Crippen molar-refractivity contribution in [1.82, 2.24) is 5.32 Å². The Bertz CT molecular complexity index is 1290. The summed E-state index contributed by atoms with van der Waals surface area (Å²) >= 11 is 0. The summed E-state index contributed by atoms with van der Waals surface area (Å²) in [5.74, 6) is -0.902. The Morgan fingerprint density at radius 1 is 1.23 bits per heavy atom. The van der Waals surface area contributed by atoms with Crippen molar-refractivity contribution in [2.45, 2.75) is 19.3 Å². The molecule has 1 aliphatic rings. The van der Waals surface area contributed by atoms with Gasteiger partial charge in [0, 0.05) is 23.6 Å². The lowest BCUT2D eigenvalue weighted by Crippen LogP contribution is -2.30. The number of rotatable bonds is 3. The Morgan fingerprint density at radius 3 is 2.63 bits per heavy atom. The third-order valence-electron chi connectivity index (χ3n) is 5.12. The zero-order valence-electron chi connectivity index (χ0n) is 16.1. The van der Waals surface area contributed by atoms with Gasteiger partial charge in [-0.05, 0) is 55.2 Å². The summed E-state index contributed by atoms with van der Waals surface area (Å²) in [4.78, 5) is 12.7. The lowest BCUT2D eigenvalue weighted by Gasteiger charge is -2.22. The number of carbonyl (C=O) groups is 1.